The van der Waals surface area contributed by atoms with Crippen LogP contribution in [0.4, 0.5) is 0 Å². The molecule has 1 aliphatic rings. The van der Waals surface area contributed by atoms with Crippen molar-refractivity contribution >= 4 is 28.5 Å². The third kappa shape index (κ3) is 3.11. The van der Waals surface area contributed by atoms with E-state index in [0.717, 1.165) is 40.8 Å². The summed E-state index contributed by atoms with van der Waals surface area (Å²) in [7, 11) is 0. The van der Waals surface area contributed by atoms with Gasteiger partial charge in [0.25, 0.3) is 5.91 Å². The number of hydrogen-bond donors (Lipinski definition) is 1. The summed E-state index contributed by atoms with van der Waals surface area (Å²) >= 11 is 6.30. The van der Waals surface area contributed by atoms with Crippen molar-refractivity contribution in [2.24, 2.45) is 0 Å². The molecule has 0 saturated carbocycles. The predicted octanol–water partition coefficient (Wildman–Crippen LogP) is 4.57. The molecule has 0 spiro atoms. The Labute approximate surface area is 185 Å². The van der Waals surface area contributed by atoms with Crippen LogP contribution in [0, 0.1) is 13.8 Å². The molecule has 158 valence electrons. The molecule has 8 heteroatoms. The van der Waals surface area contributed by atoms with Crippen LogP contribution in [0.3, 0.4) is 0 Å². The molecule has 4 aromatic rings. The van der Waals surface area contributed by atoms with Crippen molar-refractivity contribution in [1.29, 1.82) is 0 Å². The lowest BCUT2D eigenvalue weighted by Crippen LogP contribution is -2.44. The number of aryl methyl sites for hydroxylation is 2. The lowest BCUT2D eigenvalue weighted by atomic mass is 9.96. The van der Waals surface area contributed by atoms with E-state index < -0.39 is 5.54 Å². The number of nitrogens with one attached hydrogen (secondary N) is 1. The predicted molar refractivity (Wildman–Crippen MR) is 120 cm³/mol. The minimum absolute atomic E-state index is 0.0532. The first-order valence-corrected chi connectivity index (χ1v) is 10.7. The Bertz CT molecular complexity index is 1300. The zero-order chi connectivity index (χ0) is 21.8. The van der Waals surface area contributed by atoms with E-state index in [-0.39, 0.29) is 5.91 Å². The third-order valence-corrected chi connectivity index (χ3v) is 6.67. The Balaban J connectivity index is 1.58. The molecule has 2 aromatic heterocycles. The van der Waals surface area contributed by atoms with Crippen LogP contribution in [0.5, 0.6) is 0 Å². The average molecular weight is 435 g/mol. The van der Waals surface area contributed by atoms with E-state index in [1.807, 2.05) is 49.1 Å². The van der Waals surface area contributed by atoms with E-state index in [4.69, 9.17) is 16.6 Å². The molecule has 1 saturated heterocycles. The maximum atomic E-state index is 13.8. The van der Waals surface area contributed by atoms with Gasteiger partial charge in [-0.3, -0.25) is 4.79 Å². The average Bonchev–Trinajstić information content (AvgIpc) is 3.50. The van der Waals surface area contributed by atoms with Crippen LogP contribution in [-0.4, -0.2) is 42.3 Å². The molecule has 5 rings (SSSR count). The van der Waals surface area contributed by atoms with Gasteiger partial charge >= 0.3 is 0 Å². The third-order valence-electron chi connectivity index (χ3n) is 6.26. The summed E-state index contributed by atoms with van der Waals surface area (Å²) in [5, 5.41) is 9.17. The Morgan fingerprint density at radius 3 is 2.71 bits per heavy atom. The number of rotatable bonds is 3. The quantitative estimate of drug-likeness (QED) is 0.512. The number of imidazole rings is 1. The van der Waals surface area contributed by atoms with Crippen molar-refractivity contribution in [2.75, 3.05) is 6.54 Å². The number of carbonyl (C=O) groups excluding carboxylic acids is 1. The molecular weight excluding hydrogens is 412 g/mol. The summed E-state index contributed by atoms with van der Waals surface area (Å²) in [6.45, 7) is 6.69. The summed E-state index contributed by atoms with van der Waals surface area (Å²) < 4.78 is 0. The molecule has 3 heterocycles. The number of halogens is 1. The Morgan fingerprint density at radius 2 is 1.94 bits per heavy atom. The molecule has 1 N–H and O–H groups in total. The van der Waals surface area contributed by atoms with Gasteiger partial charge in [0.15, 0.2) is 0 Å². The highest BCUT2D eigenvalue weighted by Crippen LogP contribution is 2.40. The highest BCUT2D eigenvalue weighted by atomic mass is 35.5. The summed E-state index contributed by atoms with van der Waals surface area (Å²) in [5.41, 5.74) is 4.45. The van der Waals surface area contributed by atoms with Crippen LogP contribution in [0.2, 0.25) is 5.02 Å². The summed E-state index contributed by atoms with van der Waals surface area (Å²) in [6, 6.07) is 9.55. The molecule has 31 heavy (non-hydrogen) atoms. The topological polar surface area (TPSA) is 79.7 Å². The number of aromatic amines is 1. The number of fused-ring (bicyclic) bond motifs is 1. The summed E-state index contributed by atoms with van der Waals surface area (Å²) in [6.07, 6.45) is 4.95. The van der Waals surface area contributed by atoms with Gasteiger partial charge in [0.1, 0.15) is 5.82 Å². The number of carbonyl (C=O) groups is 1. The molecule has 2 aromatic carbocycles. The smallest absolute Gasteiger partial charge is 0.256 e. The van der Waals surface area contributed by atoms with Crippen LogP contribution in [0.1, 0.15) is 47.1 Å². The van der Waals surface area contributed by atoms with Crippen molar-refractivity contribution in [3.63, 3.8) is 0 Å². The molecule has 0 bridgehead atoms. The minimum Gasteiger partial charge on any atom is -0.340 e. The van der Waals surface area contributed by atoms with Gasteiger partial charge in [0.2, 0.25) is 0 Å². The number of nitrogens with zero attached hydrogens (tertiary/aromatic N) is 5. The van der Waals surface area contributed by atoms with Gasteiger partial charge in [0, 0.05) is 11.6 Å². The van der Waals surface area contributed by atoms with Gasteiger partial charge in [-0.2, -0.15) is 15.0 Å². The van der Waals surface area contributed by atoms with Crippen LogP contribution in [0.15, 0.2) is 42.7 Å². The molecule has 0 aliphatic carbocycles. The lowest BCUT2D eigenvalue weighted by Gasteiger charge is -2.34. The van der Waals surface area contributed by atoms with Crippen molar-refractivity contribution in [3.8, 4) is 5.69 Å². The number of hydrogen-bond acceptors (Lipinski definition) is 4. The van der Waals surface area contributed by atoms with Gasteiger partial charge in [-0.25, -0.2) is 4.98 Å². The first-order valence-electron chi connectivity index (χ1n) is 10.3. The number of benzene rings is 2. The highest BCUT2D eigenvalue weighted by Gasteiger charge is 2.44. The van der Waals surface area contributed by atoms with Crippen molar-refractivity contribution in [1.82, 2.24) is 29.9 Å². The second-order valence-corrected chi connectivity index (χ2v) is 8.73. The second kappa shape index (κ2) is 7.20. The molecule has 1 aliphatic heterocycles. The Morgan fingerprint density at radius 1 is 1.16 bits per heavy atom. The van der Waals surface area contributed by atoms with E-state index >= 15 is 0 Å². The Kier molecular flexibility index (Phi) is 4.59. The largest absolute Gasteiger partial charge is 0.340 e. The van der Waals surface area contributed by atoms with E-state index in [1.165, 1.54) is 4.80 Å². The molecule has 1 amide bonds. The van der Waals surface area contributed by atoms with E-state index in [9.17, 15) is 4.79 Å². The zero-order valence-corrected chi connectivity index (χ0v) is 18.4. The van der Waals surface area contributed by atoms with Crippen LogP contribution >= 0.6 is 11.6 Å². The van der Waals surface area contributed by atoms with Gasteiger partial charge in [0.05, 0.1) is 40.2 Å². The SMILES string of the molecule is Cc1ccc(C(=O)N2CCCC2(C)c2nc3c(C)c(Cl)ccc3[nH]2)c(-n2nccn2)c1. The van der Waals surface area contributed by atoms with Crippen molar-refractivity contribution < 1.29 is 4.79 Å². The summed E-state index contributed by atoms with van der Waals surface area (Å²) in [5.74, 6) is 0.729. The number of aromatic nitrogens is 5. The lowest BCUT2D eigenvalue weighted by molar-refractivity contribution is 0.0605. The normalized spacial score (nSPS) is 18.8. The fourth-order valence-corrected chi connectivity index (χ4v) is 4.60. The van der Waals surface area contributed by atoms with Gasteiger partial charge in [-0.15, -0.1) is 0 Å². The number of likely N-dealkylation sites (tertiary alicyclic amines) is 1. The van der Waals surface area contributed by atoms with Crippen LogP contribution in [0.25, 0.3) is 16.7 Å². The second-order valence-electron chi connectivity index (χ2n) is 8.33. The maximum absolute atomic E-state index is 13.8. The first kappa shape index (κ1) is 19.8. The molecule has 1 fully saturated rings. The molecular formula is C23H23ClN6O. The van der Waals surface area contributed by atoms with Crippen molar-refractivity contribution in [3.05, 3.63) is 70.3 Å². The standard InChI is InChI=1S/C23H23ClN6O/c1-14-5-6-16(19(13-14)30-25-10-11-26-30)21(31)29-12-4-9-23(29,3)22-27-18-8-7-17(24)15(2)20(18)28-22/h5-8,10-11,13H,4,9,12H2,1-3H3,(H,27,28). The molecule has 1 unspecified atom stereocenters. The summed E-state index contributed by atoms with van der Waals surface area (Å²) in [4.78, 5) is 25.5. The fourth-order valence-electron chi connectivity index (χ4n) is 4.45. The van der Waals surface area contributed by atoms with E-state index in [2.05, 4.69) is 22.1 Å². The number of H-pyrrole nitrogens is 1. The minimum atomic E-state index is -0.547. The van der Waals surface area contributed by atoms with Crippen LogP contribution < -0.4 is 0 Å². The van der Waals surface area contributed by atoms with Crippen molar-refractivity contribution in [2.45, 2.75) is 39.2 Å². The highest BCUT2D eigenvalue weighted by molar-refractivity contribution is 6.32. The molecule has 7 nitrogen and oxygen atoms in total. The zero-order valence-electron chi connectivity index (χ0n) is 17.7. The monoisotopic (exact) mass is 434 g/mol. The molecule has 0 radical (unpaired) electrons. The Hall–Kier alpha value is -3.19. The van der Waals surface area contributed by atoms with E-state index in [0.29, 0.717) is 22.8 Å². The first-order chi connectivity index (χ1) is 14.9. The maximum Gasteiger partial charge on any atom is 0.256 e. The fraction of sp³-hybridized carbons (Fsp3) is 0.304. The van der Waals surface area contributed by atoms with Gasteiger partial charge in [-0.1, -0.05) is 17.7 Å². The van der Waals surface area contributed by atoms with Gasteiger partial charge < -0.3 is 9.88 Å². The van der Waals surface area contributed by atoms with E-state index in [1.54, 1.807) is 12.4 Å². The van der Waals surface area contributed by atoms with Gasteiger partial charge in [-0.05, 0) is 69.0 Å². The molecule has 1 atom stereocenters. The number of amides is 1. The van der Waals surface area contributed by atoms with Crippen LogP contribution in [-0.2, 0) is 5.54 Å².